The molecule has 1 aromatic rings. The molecule has 0 unspecified atom stereocenters. The van der Waals surface area contributed by atoms with Crippen molar-refractivity contribution in [1.82, 2.24) is 5.32 Å². The van der Waals surface area contributed by atoms with E-state index in [1.165, 1.54) is 0 Å². The Hall–Kier alpha value is -1.84. The molecule has 1 rings (SSSR count). The zero-order valence-corrected chi connectivity index (χ0v) is 11.0. The lowest BCUT2D eigenvalue weighted by molar-refractivity contribution is -0.120. The molecule has 0 aromatic heterocycles. The molecule has 0 spiro atoms. The molecule has 0 atom stereocenters. The van der Waals surface area contributed by atoms with Crippen molar-refractivity contribution in [2.75, 3.05) is 13.2 Å². The van der Waals surface area contributed by atoms with E-state index in [0.717, 1.165) is 5.75 Å². The lowest BCUT2D eigenvalue weighted by atomic mass is 10.1. The number of carbonyl (C=O) groups excluding carboxylic acids is 2. The van der Waals surface area contributed by atoms with Crippen molar-refractivity contribution in [1.29, 1.82) is 0 Å². The number of amides is 1. The normalized spacial score (nSPS) is 10.2. The molecule has 0 bridgehead atoms. The maximum Gasteiger partial charge on any atom is 0.251 e. The number of rotatable bonds is 6. The van der Waals surface area contributed by atoms with E-state index in [4.69, 9.17) is 4.74 Å². The highest BCUT2D eigenvalue weighted by Crippen LogP contribution is 2.11. The average molecular weight is 249 g/mol. The zero-order chi connectivity index (χ0) is 13.5. The molecular formula is C14H19NO3. The summed E-state index contributed by atoms with van der Waals surface area (Å²) >= 11 is 0. The van der Waals surface area contributed by atoms with E-state index in [0.29, 0.717) is 12.2 Å². The predicted molar refractivity (Wildman–Crippen MR) is 69.8 cm³/mol. The highest BCUT2D eigenvalue weighted by molar-refractivity contribution is 5.97. The molecule has 0 radical (unpaired) electrons. The summed E-state index contributed by atoms with van der Waals surface area (Å²) in [5, 5.41) is 2.60. The Kier molecular flexibility index (Phi) is 5.36. The summed E-state index contributed by atoms with van der Waals surface area (Å²) in [6.45, 7) is 6.19. The van der Waals surface area contributed by atoms with Gasteiger partial charge in [0.1, 0.15) is 5.75 Å². The van der Waals surface area contributed by atoms with Gasteiger partial charge < -0.3 is 10.1 Å². The van der Waals surface area contributed by atoms with Gasteiger partial charge in [0.2, 0.25) is 0 Å². The fraction of sp³-hybridized carbons (Fsp3) is 0.429. The Morgan fingerprint density at radius 1 is 1.22 bits per heavy atom. The molecule has 0 aliphatic carbocycles. The van der Waals surface area contributed by atoms with Crippen molar-refractivity contribution in [2.24, 2.45) is 5.92 Å². The molecule has 0 heterocycles. The fourth-order valence-corrected chi connectivity index (χ4v) is 1.34. The monoisotopic (exact) mass is 249 g/mol. The third-order valence-electron chi connectivity index (χ3n) is 2.49. The topological polar surface area (TPSA) is 55.4 Å². The number of carbonyl (C=O) groups is 2. The molecule has 98 valence electrons. The van der Waals surface area contributed by atoms with Gasteiger partial charge in [-0.3, -0.25) is 9.59 Å². The largest absolute Gasteiger partial charge is 0.494 e. The first kappa shape index (κ1) is 14.2. The van der Waals surface area contributed by atoms with Crippen LogP contribution in [0.5, 0.6) is 5.75 Å². The molecule has 4 heteroatoms. The second kappa shape index (κ2) is 6.79. The number of hydrogen-bond donors (Lipinski definition) is 1. The van der Waals surface area contributed by atoms with Gasteiger partial charge in [0, 0.05) is 11.5 Å². The number of Topliss-reactive ketones (excluding diaryl/α,β-unsaturated/α-hetero) is 1. The smallest absolute Gasteiger partial charge is 0.251 e. The van der Waals surface area contributed by atoms with Gasteiger partial charge in [0.05, 0.1) is 13.2 Å². The van der Waals surface area contributed by atoms with E-state index in [-0.39, 0.29) is 24.2 Å². The number of benzene rings is 1. The van der Waals surface area contributed by atoms with Gasteiger partial charge in [0.15, 0.2) is 5.78 Å². The minimum atomic E-state index is -0.243. The molecule has 0 aliphatic heterocycles. The first-order valence-corrected chi connectivity index (χ1v) is 6.08. The van der Waals surface area contributed by atoms with Gasteiger partial charge in [-0.15, -0.1) is 0 Å². The number of ketones is 1. The van der Waals surface area contributed by atoms with Crippen LogP contribution in [0.3, 0.4) is 0 Å². The van der Waals surface area contributed by atoms with Crippen LogP contribution in [-0.2, 0) is 4.79 Å². The van der Waals surface area contributed by atoms with E-state index in [1.54, 1.807) is 24.3 Å². The van der Waals surface area contributed by atoms with Crippen LogP contribution in [0.1, 0.15) is 31.1 Å². The molecule has 4 nitrogen and oxygen atoms in total. The average Bonchev–Trinajstić information content (AvgIpc) is 2.36. The van der Waals surface area contributed by atoms with Crippen LogP contribution in [0.25, 0.3) is 0 Å². The van der Waals surface area contributed by atoms with E-state index in [9.17, 15) is 9.59 Å². The summed E-state index contributed by atoms with van der Waals surface area (Å²) in [6, 6.07) is 6.84. The van der Waals surface area contributed by atoms with Gasteiger partial charge in [-0.05, 0) is 31.2 Å². The highest BCUT2D eigenvalue weighted by atomic mass is 16.5. The Morgan fingerprint density at radius 2 is 1.83 bits per heavy atom. The van der Waals surface area contributed by atoms with Crippen molar-refractivity contribution in [2.45, 2.75) is 20.8 Å². The van der Waals surface area contributed by atoms with Gasteiger partial charge in [-0.2, -0.15) is 0 Å². The van der Waals surface area contributed by atoms with Crippen LogP contribution in [0.4, 0.5) is 0 Å². The molecule has 0 aliphatic rings. The van der Waals surface area contributed by atoms with E-state index >= 15 is 0 Å². The van der Waals surface area contributed by atoms with Gasteiger partial charge >= 0.3 is 0 Å². The number of ether oxygens (including phenoxy) is 1. The minimum absolute atomic E-state index is 0.0225. The first-order chi connectivity index (χ1) is 8.54. The Labute approximate surface area is 107 Å². The third-order valence-corrected chi connectivity index (χ3v) is 2.49. The van der Waals surface area contributed by atoms with Crippen molar-refractivity contribution >= 4 is 11.7 Å². The second-order valence-electron chi connectivity index (χ2n) is 4.26. The predicted octanol–water partition coefficient (Wildman–Crippen LogP) is 2.04. The Bertz CT molecular complexity index is 410. The fourth-order valence-electron chi connectivity index (χ4n) is 1.34. The molecule has 1 N–H and O–H groups in total. The number of hydrogen-bond acceptors (Lipinski definition) is 3. The molecule has 0 saturated heterocycles. The molecule has 0 fully saturated rings. The lowest BCUT2D eigenvalue weighted by Crippen LogP contribution is -2.31. The maximum absolute atomic E-state index is 11.7. The Morgan fingerprint density at radius 3 is 2.33 bits per heavy atom. The van der Waals surface area contributed by atoms with Gasteiger partial charge in [-0.1, -0.05) is 13.8 Å². The summed E-state index contributed by atoms with van der Waals surface area (Å²) in [5.41, 5.74) is 0.523. The summed E-state index contributed by atoms with van der Waals surface area (Å²) < 4.78 is 5.28. The van der Waals surface area contributed by atoms with Crippen LogP contribution in [0, 0.1) is 5.92 Å². The first-order valence-electron chi connectivity index (χ1n) is 6.08. The molecular weight excluding hydrogens is 230 g/mol. The zero-order valence-electron chi connectivity index (χ0n) is 11.0. The molecule has 18 heavy (non-hydrogen) atoms. The van der Waals surface area contributed by atoms with Crippen LogP contribution >= 0.6 is 0 Å². The third kappa shape index (κ3) is 4.20. The van der Waals surface area contributed by atoms with Crippen molar-refractivity contribution in [3.8, 4) is 5.75 Å². The molecule has 1 amide bonds. The van der Waals surface area contributed by atoms with Crippen molar-refractivity contribution in [3.63, 3.8) is 0 Å². The highest BCUT2D eigenvalue weighted by Gasteiger charge is 2.10. The van der Waals surface area contributed by atoms with Crippen LogP contribution < -0.4 is 10.1 Å². The molecule has 0 saturated carbocycles. The van der Waals surface area contributed by atoms with E-state index < -0.39 is 0 Å². The van der Waals surface area contributed by atoms with Crippen LogP contribution in [0.15, 0.2) is 24.3 Å². The quantitative estimate of drug-likeness (QED) is 0.839. The second-order valence-corrected chi connectivity index (χ2v) is 4.26. The summed E-state index contributed by atoms with van der Waals surface area (Å²) in [5.74, 6) is 0.444. The SMILES string of the molecule is CCOc1ccc(C(=O)NCC(=O)C(C)C)cc1. The van der Waals surface area contributed by atoms with Gasteiger partial charge in [0.25, 0.3) is 5.91 Å². The van der Waals surface area contributed by atoms with E-state index in [2.05, 4.69) is 5.32 Å². The van der Waals surface area contributed by atoms with Gasteiger partial charge in [-0.25, -0.2) is 0 Å². The standard InChI is InChI=1S/C14H19NO3/c1-4-18-12-7-5-11(6-8-12)14(17)15-9-13(16)10(2)3/h5-8,10H,4,9H2,1-3H3,(H,15,17). The maximum atomic E-state index is 11.7. The minimum Gasteiger partial charge on any atom is -0.494 e. The lowest BCUT2D eigenvalue weighted by Gasteiger charge is -2.07. The van der Waals surface area contributed by atoms with Crippen molar-refractivity contribution in [3.05, 3.63) is 29.8 Å². The summed E-state index contributed by atoms with van der Waals surface area (Å²) in [4.78, 5) is 23.1. The van der Waals surface area contributed by atoms with Crippen molar-refractivity contribution < 1.29 is 14.3 Å². The molecule has 1 aromatic carbocycles. The summed E-state index contributed by atoms with van der Waals surface area (Å²) in [7, 11) is 0. The summed E-state index contributed by atoms with van der Waals surface area (Å²) in [6.07, 6.45) is 0. The number of nitrogens with one attached hydrogen (secondary N) is 1. The van der Waals surface area contributed by atoms with Crippen LogP contribution in [-0.4, -0.2) is 24.8 Å². The Balaban J connectivity index is 2.54. The van der Waals surface area contributed by atoms with E-state index in [1.807, 2.05) is 20.8 Å². The van der Waals surface area contributed by atoms with Crippen LogP contribution in [0.2, 0.25) is 0 Å².